The van der Waals surface area contributed by atoms with Crippen LogP contribution in [-0.4, -0.2) is 27.6 Å². The van der Waals surface area contributed by atoms with Crippen molar-refractivity contribution >= 4 is 17.6 Å². The number of nitrogens with one attached hydrogen (secondary N) is 3. The lowest BCUT2D eigenvalue weighted by atomic mass is 10.0. The molecule has 1 saturated carbocycles. The molecule has 3 N–H and O–H groups in total. The third-order valence-electron chi connectivity index (χ3n) is 3.53. The van der Waals surface area contributed by atoms with Crippen molar-refractivity contribution in [2.75, 3.05) is 5.32 Å². The molecule has 2 amide bonds. The van der Waals surface area contributed by atoms with Crippen LogP contribution >= 0.6 is 0 Å². The number of aromatic amines is 1. The maximum Gasteiger partial charge on any atom is 0.250 e. The number of hydrogen-bond acceptors (Lipinski definition) is 3. The maximum absolute atomic E-state index is 12.1. The van der Waals surface area contributed by atoms with E-state index in [1.807, 2.05) is 6.07 Å². The summed E-state index contributed by atoms with van der Waals surface area (Å²) in [4.78, 5) is 23.1. The molecule has 104 valence electrons. The zero-order chi connectivity index (χ0) is 14.3. The highest BCUT2D eigenvalue weighted by Gasteiger charge is 2.41. The minimum Gasteiger partial charge on any atom is -0.342 e. The summed E-state index contributed by atoms with van der Waals surface area (Å²) in [5, 5.41) is 12.4. The Balaban J connectivity index is 2.02. The third kappa shape index (κ3) is 2.94. The van der Waals surface area contributed by atoms with E-state index in [0.29, 0.717) is 5.82 Å². The van der Waals surface area contributed by atoms with Gasteiger partial charge in [0.15, 0.2) is 5.82 Å². The number of nitrogens with zero attached hydrogens (tertiary/aromatic N) is 1. The smallest absolute Gasteiger partial charge is 0.250 e. The highest BCUT2D eigenvalue weighted by atomic mass is 16.2. The fraction of sp³-hybridized carbons (Fsp3) is 0.615. The summed E-state index contributed by atoms with van der Waals surface area (Å²) in [5.74, 6) is -0.0402. The molecule has 1 aliphatic rings. The topological polar surface area (TPSA) is 86.9 Å². The Morgan fingerprint density at radius 2 is 2.05 bits per heavy atom. The lowest BCUT2D eigenvalue weighted by Gasteiger charge is -2.23. The molecule has 6 heteroatoms. The standard InChI is InChI=1S/C13H20N4O2/c1-8(18)15-12(2,3)11(19)14-10-7-9(16-17-10)13(4)5-6-13/h7H,5-6H2,1-4H3,(H,15,18)(H2,14,16,17,19). The lowest BCUT2D eigenvalue weighted by molar-refractivity contribution is -0.128. The molecular weight excluding hydrogens is 244 g/mol. The molecule has 0 saturated heterocycles. The lowest BCUT2D eigenvalue weighted by Crippen LogP contribution is -2.51. The molecule has 2 rings (SSSR count). The van der Waals surface area contributed by atoms with E-state index in [2.05, 4.69) is 27.8 Å². The number of amides is 2. The summed E-state index contributed by atoms with van der Waals surface area (Å²) in [7, 11) is 0. The highest BCUT2D eigenvalue weighted by molar-refractivity contribution is 5.99. The largest absolute Gasteiger partial charge is 0.342 e. The van der Waals surface area contributed by atoms with E-state index in [4.69, 9.17) is 0 Å². The number of rotatable bonds is 4. The normalized spacial score (nSPS) is 16.8. The van der Waals surface area contributed by atoms with Gasteiger partial charge in [0.25, 0.3) is 5.91 Å². The Morgan fingerprint density at radius 1 is 1.42 bits per heavy atom. The van der Waals surface area contributed by atoms with Crippen molar-refractivity contribution in [3.8, 4) is 0 Å². The predicted molar refractivity (Wildman–Crippen MR) is 71.7 cm³/mol. The molecular formula is C13H20N4O2. The molecule has 0 radical (unpaired) electrons. The molecule has 0 unspecified atom stereocenters. The van der Waals surface area contributed by atoms with Crippen LogP contribution in [0.1, 0.15) is 46.2 Å². The van der Waals surface area contributed by atoms with Crippen LogP contribution < -0.4 is 10.6 Å². The summed E-state index contributed by atoms with van der Waals surface area (Å²) < 4.78 is 0. The van der Waals surface area contributed by atoms with Gasteiger partial charge in [-0.2, -0.15) is 5.10 Å². The van der Waals surface area contributed by atoms with Crippen molar-refractivity contribution in [1.82, 2.24) is 15.5 Å². The van der Waals surface area contributed by atoms with Gasteiger partial charge in [-0.15, -0.1) is 0 Å². The summed E-state index contributed by atoms with van der Waals surface area (Å²) in [6.07, 6.45) is 2.28. The first-order chi connectivity index (χ1) is 8.73. The fourth-order valence-electron chi connectivity index (χ4n) is 1.92. The van der Waals surface area contributed by atoms with Gasteiger partial charge in [-0.05, 0) is 26.7 Å². The van der Waals surface area contributed by atoms with E-state index in [-0.39, 0.29) is 17.2 Å². The van der Waals surface area contributed by atoms with Crippen molar-refractivity contribution in [3.05, 3.63) is 11.8 Å². The number of hydrogen-bond donors (Lipinski definition) is 3. The number of aromatic nitrogens is 2. The Kier molecular flexibility index (Phi) is 3.12. The molecule has 0 aromatic carbocycles. The van der Waals surface area contributed by atoms with Crippen LogP contribution in [0.2, 0.25) is 0 Å². The van der Waals surface area contributed by atoms with Gasteiger partial charge in [0.2, 0.25) is 5.91 Å². The zero-order valence-electron chi connectivity index (χ0n) is 11.8. The van der Waals surface area contributed by atoms with Gasteiger partial charge < -0.3 is 10.6 Å². The van der Waals surface area contributed by atoms with Crippen LogP contribution in [0.5, 0.6) is 0 Å². The average Bonchev–Trinajstić information content (AvgIpc) is 2.85. The number of H-pyrrole nitrogens is 1. The summed E-state index contributed by atoms with van der Waals surface area (Å²) in [6.45, 7) is 6.85. The van der Waals surface area contributed by atoms with E-state index in [1.165, 1.54) is 6.92 Å². The summed E-state index contributed by atoms with van der Waals surface area (Å²) in [5.41, 5.74) is 0.262. The quantitative estimate of drug-likeness (QED) is 0.766. The Bertz CT molecular complexity index is 514. The van der Waals surface area contributed by atoms with Gasteiger partial charge in [0.05, 0.1) is 0 Å². The van der Waals surface area contributed by atoms with Crippen molar-refractivity contribution < 1.29 is 9.59 Å². The van der Waals surface area contributed by atoms with Crippen LogP contribution in [0.4, 0.5) is 5.82 Å². The Morgan fingerprint density at radius 3 is 2.58 bits per heavy atom. The van der Waals surface area contributed by atoms with E-state index in [0.717, 1.165) is 18.5 Å². The molecule has 1 aromatic heterocycles. The number of carbonyl (C=O) groups is 2. The first-order valence-corrected chi connectivity index (χ1v) is 6.39. The van der Waals surface area contributed by atoms with Crippen molar-refractivity contribution in [2.24, 2.45) is 0 Å². The first kappa shape index (κ1) is 13.6. The van der Waals surface area contributed by atoms with Gasteiger partial charge in [-0.1, -0.05) is 6.92 Å². The number of anilines is 1. The molecule has 0 atom stereocenters. The van der Waals surface area contributed by atoms with Crippen molar-refractivity contribution in [2.45, 2.75) is 51.5 Å². The molecule has 0 bridgehead atoms. The molecule has 1 fully saturated rings. The predicted octanol–water partition coefficient (Wildman–Crippen LogP) is 1.31. The molecule has 1 heterocycles. The first-order valence-electron chi connectivity index (χ1n) is 6.39. The van der Waals surface area contributed by atoms with Crippen LogP contribution in [0.3, 0.4) is 0 Å². The van der Waals surface area contributed by atoms with Crippen LogP contribution in [0.25, 0.3) is 0 Å². The van der Waals surface area contributed by atoms with E-state index in [9.17, 15) is 9.59 Å². The molecule has 0 spiro atoms. The van der Waals surface area contributed by atoms with E-state index < -0.39 is 5.54 Å². The van der Waals surface area contributed by atoms with Gasteiger partial charge >= 0.3 is 0 Å². The second kappa shape index (κ2) is 4.36. The summed E-state index contributed by atoms with van der Waals surface area (Å²) >= 11 is 0. The van der Waals surface area contributed by atoms with E-state index in [1.54, 1.807) is 13.8 Å². The van der Waals surface area contributed by atoms with Crippen LogP contribution in [-0.2, 0) is 15.0 Å². The maximum atomic E-state index is 12.1. The third-order valence-corrected chi connectivity index (χ3v) is 3.53. The summed E-state index contributed by atoms with van der Waals surface area (Å²) in [6, 6.07) is 1.86. The van der Waals surface area contributed by atoms with Crippen molar-refractivity contribution in [3.63, 3.8) is 0 Å². The van der Waals surface area contributed by atoms with E-state index >= 15 is 0 Å². The second-order valence-electron chi connectivity index (χ2n) is 5.99. The minimum atomic E-state index is -0.964. The van der Waals surface area contributed by atoms with Gasteiger partial charge in [0.1, 0.15) is 5.54 Å². The monoisotopic (exact) mass is 264 g/mol. The molecule has 6 nitrogen and oxygen atoms in total. The fourth-order valence-corrected chi connectivity index (χ4v) is 1.92. The number of carbonyl (C=O) groups excluding carboxylic acids is 2. The Hall–Kier alpha value is -1.85. The average molecular weight is 264 g/mol. The Labute approximate surface area is 112 Å². The molecule has 1 aliphatic carbocycles. The van der Waals surface area contributed by atoms with Crippen LogP contribution in [0.15, 0.2) is 6.07 Å². The second-order valence-corrected chi connectivity index (χ2v) is 5.99. The highest BCUT2D eigenvalue weighted by Crippen LogP contribution is 2.47. The van der Waals surface area contributed by atoms with Crippen LogP contribution in [0, 0.1) is 0 Å². The molecule has 19 heavy (non-hydrogen) atoms. The molecule has 1 aromatic rings. The minimum absolute atomic E-state index is 0.184. The SMILES string of the molecule is CC(=O)NC(C)(C)C(=O)Nc1cc(C2(C)CC2)[nH]n1. The zero-order valence-corrected chi connectivity index (χ0v) is 11.8. The van der Waals surface area contributed by atoms with Gasteiger partial charge in [-0.25, -0.2) is 0 Å². The molecule has 0 aliphatic heterocycles. The van der Waals surface area contributed by atoms with Gasteiger partial charge in [-0.3, -0.25) is 14.7 Å². The van der Waals surface area contributed by atoms with Gasteiger partial charge in [0, 0.05) is 24.1 Å². The van der Waals surface area contributed by atoms with Crippen molar-refractivity contribution in [1.29, 1.82) is 0 Å².